The number of carbonyl (C=O) groups excluding carboxylic acids is 2. The van der Waals surface area contributed by atoms with Gasteiger partial charge in [0.2, 0.25) is 5.91 Å². The van der Waals surface area contributed by atoms with Crippen LogP contribution in [0.2, 0.25) is 0 Å². The third kappa shape index (κ3) is 4.88. The van der Waals surface area contributed by atoms with Gasteiger partial charge >= 0.3 is 5.97 Å². The van der Waals surface area contributed by atoms with Gasteiger partial charge in [-0.2, -0.15) is 0 Å². The Balaban J connectivity index is 1.60. The maximum absolute atomic E-state index is 13.3. The van der Waals surface area contributed by atoms with Crippen molar-refractivity contribution in [2.45, 2.75) is 44.7 Å². The lowest BCUT2D eigenvalue weighted by Gasteiger charge is -2.29. The van der Waals surface area contributed by atoms with E-state index in [1.54, 1.807) is 19.2 Å². The predicted octanol–water partition coefficient (Wildman–Crippen LogP) is 3.51. The first-order valence-electron chi connectivity index (χ1n) is 11.3. The molecule has 34 heavy (non-hydrogen) atoms. The molecule has 2 aromatic carbocycles. The lowest BCUT2D eigenvalue weighted by atomic mass is 10.0. The zero-order chi connectivity index (χ0) is 24.5. The first-order valence-corrected chi connectivity index (χ1v) is 11.3. The SMILES string of the molecule is Cc1cc(C)cc(C(=O)N(C)[C@@H](Cc2ccc(-n3cccc3)cc2)C(=O)NC2(C(=O)O)CC2)c1. The molecule has 4 rings (SSSR count). The van der Waals surface area contributed by atoms with Crippen LogP contribution >= 0.6 is 0 Å². The maximum atomic E-state index is 13.3. The van der Waals surface area contributed by atoms with Crippen molar-refractivity contribution in [1.82, 2.24) is 14.8 Å². The van der Waals surface area contributed by atoms with Crippen molar-refractivity contribution in [2.75, 3.05) is 7.05 Å². The molecular formula is C27H29N3O4. The number of carboxylic acids is 1. The first-order chi connectivity index (χ1) is 16.2. The van der Waals surface area contributed by atoms with Gasteiger partial charge in [-0.25, -0.2) is 4.79 Å². The van der Waals surface area contributed by atoms with Gasteiger partial charge in [-0.1, -0.05) is 29.3 Å². The Morgan fingerprint density at radius 3 is 2.15 bits per heavy atom. The van der Waals surface area contributed by atoms with Crippen LogP contribution in [-0.4, -0.2) is 51.0 Å². The molecule has 0 unspecified atom stereocenters. The molecule has 1 fully saturated rings. The average molecular weight is 460 g/mol. The zero-order valence-electron chi connectivity index (χ0n) is 19.6. The van der Waals surface area contributed by atoms with Gasteiger partial charge in [0.1, 0.15) is 11.6 Å². The number of carbonyl (C=O) groups is 3. The fraction of sp³-hybridized carbons (Fsp3) is 0.296. The number of aromatic nitrogens is 1. The molecule has 7 nitrogen and oxygen atoms in total. The number of hydrogen-bond donors (Lipinski definition) is 2. The van der Waals surface area contributed by atoms with Gasteiger partial charge in [-0.15, -0.1) is 0 Å². The molecular weight excluding hydrogens is 430 g/mol. The van der Waals surface area contributed by atoms with Crippen LogP contribution in [-0.2, 0) is 16.0 Å². The molecule has 7 heteroatoms. The minimum absolute atomic E-state index is 0.264. The second-order valence-electron chi connectivity index (χ2n) is 9.15. The molecule has 1 aliphatic carbocycles. The summed E-state index contributed by atoms with van der Waals surface area (Å²) in [4.78, 5) is 39.7. The molecule has 0 spiro atoms. The van der Waals surface area contributed by atoms with Gasteiger partial charge in [0.05, 0.1) is 0 Å². The molecule has 0 radical (unpaired) electrons. The quantitative estimate of drug-likeness (QED) is 0.539. The number of rotatable bonds is 8. The highest BCUT2D eigenvalue weighted by Crippen LogP contribution is 2.35. The Morgan fingerprint density at radius 1 is 1.03 bits per heavy atom. The number of nitrogens with one attached hydrogen (secondary N) is 1. The van der Waals surface area contributed by atoms with Crippen LogP contribution in [0.1, 0.15) is 39.9 Å². The highest BCUT2D eigenvalue weighted by molar-refractivity contribution is 5.99. The van der Waals surface area contributed by atoms with Gasteiger partial charge in [0.15, 0.2) is 0 Å². The summed E-state index contributed by atoms with van der Waals surface area (Å²) in [6.07, 6.45) is 4.94. The van der Waals surface area contributed by atoms with Gasteiger partial charge in [-0.3, -0.25) is 9.59 Å². The normalized spacial score (nSPS) is 14.8. The summed E-state index contributed by atoms with van der Waals surface area (Å²) in [6, 6.07) is 16.4. The second kappa shape index (κ2) is 9.17. The van der Waals surface area contributed by atoms with Crippen molar-refractivity contribution in [1.29, 1.82) is 0 Å². The minimum Gasteiger partial charge on any atom is -0.480 e. The molecule has 1 heterocycles. The van der Waals surface area contributed by atoms with Gasteiger partial charge in [0.25, 0.3) is 5.91 Å². The highest BCUT2D eigenvalue weighted by atomic mass is 16.4. The van der Waals surface area contributed by atoms with Crippen LogP contribution in [0.15, 0.2) is 67.0 Å². The van der Waals surface area contributed by atoms with E-state index in [0.717, 1.165) is 22.4 Å². The fourth-order valence-electron chi connectivity index (χ4n) is 4.22. The molecule has 0 saturated heterocycles. The first kappa shape index (κ1) is 23.3. The number of aryl methyl sites for hydroxylation is 2. The lowest BCUT2D eigenvalue weighted by molar-refractivity contribution is -0.143. The minimum atomic E-state index is -1.22. The summed E-state index contributed by atoms with van der Waals surface area (Å²) in [6.45, 7) is 3.84. The largest absolute Gasteiger partial charge is 0.480 e. The topological polar surface area (TPSA) is 91.6 Å². The molecule has 0 bridgehead atoms. The molecule has 176 valence electrons. The van der Waals surface area contributed by atoms with Crippen molar-refractivity contribution in [3.63, 3.8) is 0 Å². The van der Waals surface area contributed by atoms with E-state index in [4.69, 9.17) is 0 Å². The van der Waals surface area contributed by atoms with E-state index in [1.165, 1.54) is 4.90 Å². The molecule has 1 aromatic heterocycles. The number of amides is 2. The molecule has 2 N–H and O–H groups in total. The standard InChI is InChI=1S/C27H29N3O4/c1-18-14-19(2)16-21(15-18)25(32)29(3)23(24(31)28-27(10-11-27)26(33)34)17-20-6-8-22(9-7-20)30-12-4-5-13-30/h4-9,12-16,23H,10-11,17H2,1-3H3,(H,28,31)(H,33,34)/t23-/m0/s1. The summed E-state index contributed by atoms with van der Waals surface area (Å²) in [7, 11) is 1.60. The van der Waals surface area contributed by atoms with E-state index in [-0.39, 0.29) is 12.3 Å². The Morgan fingerprint density at radius 2 is 1.62 bits per heavy atom. The smallest absolute Gasteiger partial charge is 0.329 e. The Bertz CT molecular complexity index is 1190. The van der Waals surface area contributed by atoms with E-state index in [2.05, 4.69) is 5.32 Å². The lowest BCUT2D eigenvalue weighted by Crippen LogP contribution is -2.54. The number of nitrogens with zero attached hydrogens (tertiary/aromatic N) is 2. The molecule has 1 aliphatic rings. The number of carboxylic acid groups (broad SMARTS) is 1. The Labute approximate surface area is 199 Å². The predicted molar refractivity (Wildman–Crippen MR) is 129 cm³/mol. The van der Waals surface area contributed by atoms with E-state index in [0.29, 0.717) is 18.4 Å². The summed E-state index contributed by atoms with van der Waals surface area (Å²) in [5, 5.41) is 12.2. The molecule has 1 saturated carbocycles. The summed E-state index contributed by atoms with van der Waals surface area (Å²) in [5.74, 6) is -1.79. The monoisotopic (exact) mass is 459 g/mol. The van der Waals surface area contributed by atoms with E-state index < -0.39 is 23.5 Å². The van der Waals surface area contributed by atoms with Crippen molar-refractivity contribution in [3.8, 4) is 5.69 Å². The molecule has 1 atom stereocenters. The van der Waals surface area contributed by atoms with Crippen LogP contribution in [0.4, 0.5) is 0 Å². The zero-order valence-corrected chi connectivity index (χ0v) is 19.6. The van der Waals surface area contributed by atoms with Crippen LogP contribution < -0.4 is 5.32 Å². The third-order valence-electron chi connectivity index (χ3n) is 6.35. The Kier molecular flexibility index (Phi) is 6.28. The summed E-state index contributed by atoms with van der Waals surface area (Å²) in [5.41, 5.74) is 3.05. The van der Waals surface area contributed by atoms with Crippen molar-refractivity contribution < 1.29 is 19.5 Å². The van der Waals surface area contributed by atoms with Crippen molar-refractivity contribution >= 4 is 17.8 Å². The summed E-state index contributed by atoms with van der Waals surface area (Å²) < 4.78 is 1.98. The number of benzene rings is 2. The highest BCUT2D eigenvalue weighted by Gasteiger charge is 2.52. The molecule has 2 amide bonds. The third-order valence-corrected chi connectivity index (χ3v) is 6.35. The van der Waals surface area contributed by atoms with Crippen molar-refractivity contribution in [2.24, 2.45) is 0 Å². The summed E-state index contributed by atoms with van der Waals surface area (Å²) >= 11 is 0. The number of likely N-dealkylation sites (N-methyl/N-ethyl adjacent to an activating group) is 1. The van der Waals surface area contributed by atoms with Crippen LogP contribution in [0, 0.1) is 13.8 Å². The number of hydrogen-bond acceptors (Lipinski definition) is 3. The van der Waals surface area contributed by atoms with E-state index >= 15 is 0 Å². The Hall–Kier alpha value is -3.87. The van der Waals surface area contributed by atoms with Gasteiger partial charge in [-0.05, 0) is 68.7 Å². The molecule has 3 aromatic rings. The van der Waals surface area contributed by atoms with E-state index in [1.807, 2.05) is 73.3 Å². The van der Waals surface area contributed by atoms with Gasteiger partial charge in [0, 0.05) is 37.1 Å². The van der Waals surface area contributed by atoms with Gasteiger partial charge < -0.3 is 19.9 Å². The van der Waals surface area contributed by atoms with Crippen LogP contribution in [0.25, 0.3) is 5.69 Å². The molecule has 0 aliphatic heterocycles. The fourth-order valence-corrected chi connectivity index (χ4v) is 4.22. The van der Waals surface area contributed by atoms with Crippen molar-refractivity contribution in [3.05, 3.63) is 89.2 Å². The van der Waals surface area contributed by atoms with Crippen LogP contribution in [0.3, 0.4) is 0 Å². The van der Waals surface area contributed by atoms with E-state index in [9.17, 15) is 19.5 Å². The average Bonchev–Trinajstić information content (AvgIpc) is 3.38. The number of aliphatic carboxylic acids is 1. The van der Waals surface area contributed by atoms with Crippen LogP contribution in [0.5, 0.6) is 0 Å². The second-order valence-corrected chi connectivity index (χ2v) is 9.15. The maximum Gasteiger partial charge on any atom is 0.329 e.